The smallest absolute Gasteiger partial charge is 0.122 e. The first kappa shape index (κ1) is 11.5. The van der Waals surface area contributed by atoms with Gasteiger partial charge in [-0.1, -0.05) is 19.1 Å². The topological polar surface area (TPSA) is 53.1 Å². The van der Waals surface area contributed by atoms with Gasteiger partial charge in [-0.05, 0) is 18.6 Å². The highest BCUT2D eigenvalue weighted by molar-refractivity contribution is 5.63. The molecule has 0 aliphatic carbocycles. The third kappa shape index (κ3) is 2.41. The molecule has 0 unspecified atom stereocenters. The maximum atomic E-state index is 5.90. The number of hydrogen-bond donors (Lipinski definition) is 1. The highest BCUT2D eigenvalue weighted by Gasteiger charge is 2.07. The second-order valence-corrected chi connectivity index (χ2v) is 3.91. The number of aromatic nitrogens is 2. The summed E-state index contributed by atoms with van der Waals surface area (Å²) in [4.78, 5) is 0. The molecule has 0 spiro atoms. The Morgan fingerprint density at radius 3 is 2.88 bits per heavy atom. The number of nitrogens with zero attached hydrogens (tertiary/aromatic N) is 2. The fraction of sp³-hybridized carbons (Fsp3) is 0.308. The Morgan fingerprint density at radius 1 is 1.35 bits per heavy atom. The molecule has 1 aromatic heterocycles. The van der Waals surface area contributed by atoms with E-state index in [0.29, 0.717) is 5.82 Å². The summed E-state index contributed by atoms with van der Waals surface area (Å²) in [5.74, 6) is 1.52. The van der Waals surface area contributed by atoms with E-state index in [-0.39, 0.29) is 0 Å². The molecule has 2 rings (SSSR count). The van der Waals surface area contributed by atoms with Crippen LogP contribution in [0.3, 0.4) is 0 Å². The Balaban J connectivity index is 2.35. The molecule has 0 bridgehead atoms. The molecule has 4 nitrogen and oxygen atoms in total. The van der Waals surface area contributed by atoms with Crippen molar-refractivity contribution in [3.8, 4) is 17.0 Å². The van der Waals surface area contributed by atoms with Crippen LogP contribution >= 0.6 is 0 Å². The van der Waals surface area contributed by atoms with E-state index >= 15 is 0 Å². The number of hydrogen-bond acceptors (Lipinski definition) is 3. The van der Waals surface area contributed by atoms with Crippen LogP contribution in [0.25, 0.3) is 11.3 Å². The molecule has 0 saturated carbocycles. The molecule has 0 saturated heterocycles. The molecule has 90 valence electrons. The summed E-state index contributed by atoms with van der Waals surface area (Å²) in [6.45, 7) is 2.95. The van der Waals surface area contributed by atoms with Crippen LogP contribution in [0, 0.1) is 0 Å². The van der Waals surface area contributed by atoms with Crippen molar-refractivity contribution in [1.82, 2.24) is 9.78 Å². The number of nitrogens with two attached hydrogens (primary N) is 1. The van der Waals surface area contributed by atoms with Gasteiger partial charge in [-0.25, -0.2) is 4.68 Å². The molecule has 17 heavy (non-hydrogen) atoms. The zero-order chi connectivity index (χ0) is 12.3. The molecule has 0 fully saturated rings. The van der Waals surface area contributed by atoms with E-state index < -0.39 is 0 Å². The summed E-state index contributed by atoms with van der Waals surface area (Å²) >= 11 is 0. The molecule has 0 amide bonds. The number of benzene rings is 1. The largest absolute Gasteiger partial charge is 0.497 e. The summed E-state index contributed by atoms with van der Waals surface area (Å²) in [6, 6.07) is 9.71. The molecular formula is C13H17N3O. The van der Waals surface area contributed by atoms with Crippen molar-refractivity contribution in [2.45, 2.75) is 19.9 Å². The van der Waals surface area contributed by atoms with E-state index in [1.165, 1.54) is 0 Å². The van der Waals surface area contributed by atoms with Crippen molar-refractivity contribution in [2.24, 2.45) is 0 Å². The molecule has 1 heterocycles. The molecule has 0 aliphatic rings. The predicted octanol–water partition coefficient (Wildman–Crippen LogP) is 2.55. The SMILES string of the molecule is CCCn1nc(-c2cccc(OC)c2)cc1N. The second-order valence-electron chi connectivity index (χ2n) is 3.91. The van der Waals surface area contributed by atoms with Gasteiger partial charge in [-0.2, -0.15) is 5.10 Å². The number of nitrogen functional groups attached to an aromatic ring is 1. The highest BCUT2D eigenvalue weighted by Crippen LogP contribution is 2.24. The summed E-state index contributed by atoms with van der Waals surface area (Å²) in [7, 11) is 1.66. The van der Waals surface area contributed by atoms with E-state index in [1.54, 1.807) is 7.11 Å². The quantitative estimate of drug-likeness (QED) is 0.879. The lowest BCUT2D eigenvalue weighted by molar-refractivity contribution is 0.415. The van der Waals surface area contributed by atoms with Gasteiger partial charge in [0.05, 0.1) is 12.8 Å². The monoisotopic (exact) mass is 231 g/mol. The standard InChI is InChI=1S/C13H17N3O/c1-3-7-16-13(14)9-12(15-16)10-5-4-6-11(8-10)17-2/h4-6,8-9H,3,7,14H2,1-2H3. The van der Waals surface area contributed by atoms with Gasteiger partial charge in [0.15, 0.2) is 0 Å². The van der Waals surface area contributed by atoms with Crippen molar-refractivity contribution in [3.05, 3.63) is 30.3 Å². The van der Waals surface area contributed by atoms with Crippen molar-refractivity contribution in [3.63, 3.8) is 0 Å². The number of anilines is 1. The first-order valence-corrected chi connectivity index (χ1v) is 5.72. The molecule has 2 aromatic rings. The molecule has 0 aliphatic heterocycles. The van der Waals surface area contributed by atoms with Crippen LogP contribution in [0.4, 0.5) is 5.82 Å². The highest BCUT2D eigenvalue weighted by atomic mass is 16.5. The lowest BCUT2D eigenvalue weighted by Crippen LogP contribution is -2.03. The number of aryl methyl sites for hydroxylation is 1. The third-order valence-electron chi connectivity index (χ3n) is 2.61. The first-order chi connectivity index (χ1) is 8.24. The molecule has 1 aromatic carbocycles. The van der Waals surface area contributed by atoms with Gasteiger partial charge in [0.25, 0.3) is 0 Å². The Morgan fingerprint density at radius 2 is 2.18 bits per heavy atom. The van der Waals surface area contributed by atoms with Crippen LogP contribution in [0.5, 0.6) is 5.75 Å². The number of rotatable bonds is 4. The van der Waals surface area contributed by atoms with Crippen molar-refractivity contribution < 1.29 is 4.74 Å². The lowest BCUT2D eigenvalue weighted by Gasteiger charge is -2.02. The van der Waals surface area contributed by atoms with Gasteiger partial charge in [-0.15, -0.1) is 0 Å². The molecular weight excluding hydrogens is 214 g/mol. The lowest BCUT2D eigenvalue weighted by atomic mass is 10.1. The number of ether oxygens (including phenoxy) is 1. The van der Waals surface area contributed by atoms with Crippen LogP contribution in [0.1, 0.15) is 13.3 Å². The maximum absolute atomic E-state index is 5.90. The van der Waals surface area contributed by atoms with Gasteiger partial charge in [-0.3, -0.25) is 0 Å². The van der Waals surface area contributed by atoms with Gasteiger partial charge >= 0.3 is 0 Å². The first-order valence-electron chi connectivity index (χ1n) is 5.72. The van der Waals surface area contributed by atoms with Crippen molar-refractivity contribution in [1.29, 1.82) is 0 Å². The fourth-order valence-electron chi connectivity index (χ4n) is 1.75. The number of methoxy groups -OCH3 is 1. The van der Waals surface area contributed by atoms with Gasteiger partial charge < -0.3 is 10.5 Å². The fourth-order valence-corrected chi connectivity index (χ4v) is 1.75. The van der Waals surface area contributed by atoms with Gasteiger partial charge in [0, 0.05) is 18.2 Å². The molecule has 0 atom stereocenters. The van der Waals surface area contributed by atoms with E-state index in [0.717, 1.165) is 30.0 Å². The average Bonchev–Trinajstić information content (AvgIpc) is 2.72. The zero-order valence-electron chi connectivity index (χ0n) is 10.2. The van der Waals surface area contributed by atoms with Crippen molar-refractivity contribution >= 4 is 5.82 Å². The van der Waals surface area contributed by atoms with Crippen LogP contribution in [-0.4, -0.2) is 16.9 Å². The Bertz CT molecular complexity index is 505. The van der Waals surface area contributed by atoms with E-state index in [9.17, 15) is 0 Å². The van der Waals surface area contributed by atoms with Crippen LogP contribution in [-0.2, 0) is 6.54 Å². The molecule has 0 radical (unpaired) electrons. The minimum atomic E-state index is 0.699. The van der Waals surface area contributed by atoms with Crippen LogP contribution in [0.2, 0.25) is 0 Å². The zero-order valence-corrected chi connectivity index (χ0v) is 10.2. The Hall–Kier alpha value is -1.97. The Kier molecular flexibility index (Phi) is 3.32. The van der Waals surface area contributed by atoms with E-state index in [4.69, 9.17) is 10.5 Å². The van der Waals surface area contributed by atoms with Gasteiger partial charge in [0.1, 0.15) is 11.6 Å². The summed E-state index contributed by atoms with van der Waals surface area (Å²) in [6.07, 6.45) is 1.02. The van der Waals surface area contributed by atoms with Crippen LogP contribution < -0.4 is 10.5 Å². The summed E-state index contributed by atoms with van der Waals surface area (Å²) in [5, 5.41) is 4.48. The van der Waals surface area contributed by atoms with Gasteiger partial charge in [0.2, 0.25) is 0 Å². The second kappa shape index (κ2) is 4.91. The summed E-state index contributed by atoms with van der Waals surface area (Å²) < 4.78 is 7.02. The van der Waals surface area contributed by atoms with Crippen LogP contribution in [0.15, 0.2) is 30.3 Å². The van der Waals surface area contributed by atoms with E-state index in [2.05, 4.69) is 12.0 Å². The maximum Gasteiger partial charge on any atom is 0.122 e. The predicted molar refractivity (Wildman–Crippen MR) is 68.9 cm³/mol. The third-order valence-corrected chi connectivity index (χ3v) is 2.61. The minimum Gasteiger partial charge on any atom is -0.497 e. The van der Waals surface area contributed by atoms with Crippen molar-refractivity contribution in [2.75, 3.05) is 12.8 Å². The summed E-state index contributed by atoms with van der Waals surface area (Å²) in [5.41, 5.74) is 7.81. The molecule has 4 heteroatoms. The average molecular weight is 231 g/mol. The minimum absolute atomic E-state index is 0.699. The normalized spacial score (nSPS) is 10.5. The van der Waals surface area contributed by atoms with E-state index in [1.807, 2.05) is 35.0 Å². The Labute approximate surface area is 101 Å². The molecule has 2 N–H and O–H groups in total.